The molecular formula is C17H25N3O. The molecule has 2 atom stereocenters. The lowest BCUT2D eigenvalue weighted by Crippen LogP contribution is -2.38. The molecule has 2 aliphatic rings. The third kappa shape index (κ3) is 3.11. The lowest BCUT2D eigenvalue weighted by atomic mass is 10.1. The number of benzene rings is 1. The Bertz CT molecular complexity index is 527. The second-order valence-corrected chi connectivity index (χ2v) is 6.45. The van der Waals surface area contributed by atoms with E-state index >= 15 is 0 Å². The molecule has 0 aromatic heterocycles. The van der Waals surface area contributed by atoms with Gasteiger partial charge in [-0.05, 0) is 39.3 Å². The fourth-order valence-electron chi connectivity index (χ4n) is 3.09. The zero-order valence-corrected chi connectivity index (χ0v) is 13.2. The van der Waals surface area contributed by atoms with E-state index in [1.54, 1.807) is 0 Å². The monoisotopic (exact) mass is 287 g/mol. The molecular weight excluding hydrogens is 262 g/mol. The predicted molar refractivity (Wildman–Crippen MR) is 83.9 cm³/mol. The highest BCUT2D eigenvalue weighted by molar-refractivity contribution is 5.84. The normalized spacial score (nSPS) is 25.9. The Morgan fingerprint density at radius 3 is 2.81 bits per heavy atom. The highest BCUT2D eigenvalue weighted by Gasteiger charge is 2.37. The van der Waals surface area contributed by atoms with Gasteiger partial charge in [0.25, 0.3) is 0 Å². The van der Waals surface area contributed by atoms with Gasteiger partial charge >= 0.3 is 0 Å². The predicted octanol–water partition coefficient (Wildman–Crippen LogP) is 1.91. The van der Waals surface area contributed by atoms with Gasteiger partial charge in [0, 0.05) is 19.1 Å². The molecule has 4 heteroatoms. The average molecular weight is 287 g/mol. The quantitative estimate of drug-likeness (QED) is 0.898. The van der Waals surface area contributed by atoms with E-state index in [1.165, 1.54) is 24.0 Å². The summed E-state index contributed by atoms with van der Waals surface area (Å²) >= 11 is 0. The highest BCUT2D eigenvalue weighted by atomic mass is 16.2. The molecule has 1 aliphatic heterocycles. The summed E-state index contributed by atoms with van der Waals surface area (Å²) in [7, 11) is 2.16. The highest BCUT2D eigenvalue weighted by Crippen LogP contribution is 2.28. The van der Waals surface area contributed by atoms with Crippen LogP contribution in [0.3, 0.4) is 0 Å². The van der Waals surface area contributed by atoms with Crippen LogP contribution < -0.4 is 5.32 Å². The number of aryl methyl sites for hydroxylation is 1. The summed E-state index contributed by atoms with van der Waals surface area (Å²) in [4.78, 5) is 16.8. The molecule has 0 spiro atoms. The first-order valence-electron chi connectivity index (χ1n) is 7.89. The summed E-state index contributed by atoms with van der Waals surface area (Å²) in [6.07, 6.45) is 2.63. The minimum Gasteiger partial charge on any atom is -0.320 e. The number of hydrogen-bond acceptors (Lipinski definition) is 3. The van der Waals surface area contributed by atoms with Crippen molar-refractivity contribution in [1.82, 2.24) is 15.1 Å². The summed E-state index contributed by atoms with van der Waals surface area (Å²) in [5.74, 6) is 0.214. The molecule has 0 radical (unpaired) electrons. The van der Waals surface area contributed by atoms with E-state index in [0.29, 0.717) is 0 Å². The van der Waals surface area contributed by atoms with Crippen LogP contribution in [0.25, 0.3) is 0 Å². The summed E-state index contributed by atoms with van der Waals surface area (Å²) < 4.78 is 0. The van der Waals surface area contributed by atoms with E-state index in [2.05, 4.69) is 48.5 Å². The molecule has 1 N–H and O–H groups in total. The second kappa shape index (κ2) is 5.78. The molecule has 114 valence electrons. The summed E-state index contributed by atoms with van der Waals surface area (Å²) in [5.41, 5.74) is 2.41. The molecule has 1 aromatic carbocycles. The maximum atomic E-state index is 12.4. The van der Waals surface area contributed by atoms with Crippen LogP contribution in [0.2, 0.25) is 0 Å². The molecule has 3 rings (SSSR count). The summed E-state index contributed by atoms with van der Waals surface area (Å²) in [6, 6.07) is 9.07. The van der Waals surface area contributed by atoms with Gasteiger partial charge < -0.3 is 9.80 Å². The van der Waals surface area contributed by atoms with Gasteiger partial charge in [-0.2, -0.15) is 0 Å². The van der Waals surface area contributed by atoms with Crippen molar-refractivity contribution in [3.05, 3.63) is 35.4 Å². The summed E-state index contributed by atoms with van der Waals surface area (Å²) in [5, 5.41) is 3.42. The van der Waals surface area contributed by atoms with E-state index < -0.39 is 0 Å². The zero-order chi connectivity index (χ0) is 15.0. The Morgan fingerprint density at radius 1 is 1.38 bits per heavy atom. The fraction of sp³-hybridized carbons (Fsp3) is 0.588. The molecule has 1 aliphatic carbocycles. The molecule has 1 heterocycles. The van der Waals surface area contributed by atoms with Gasteiger partial charge in [0.2, 0.25) is 5.91 Å². The Balaban J connectivity index is 1.72. The Labute approximate surface area is 127 Å². The van der Waals surface area contributed by atoms with E-state index in [0.717, 1.165) is 19.1 Å². The number of nitrogens with zero attached hydrogens (tertiary/aromatic N) is 2. The van der Waals surface area contributed by atoms with Crippen molar-refractivity contribution in [1.29, 1.82) is 0 Å². The lowest BCUT2D eigenvalue weighted by Gasteiger charge is -2.27. The number of rotatable bonds is 5. The van der Waals surface area contributed by atoms with Crippen molar-refractivity contribution in [2.75, 3.05) is 20.1 Å². The Kier molecular flexibility index (Phi) is 4.00. The van der Waals surface area contributed by atoms with Crippen LogP contribution in [0.5, 0.6) is 0 Å². The van der Waals surface area contributed by atoms with Crippen LogP contribution in [-0.4, -0.2) is 47.9 Å². The first kappa shape index (κ1) is 14.5. The van der Waals surface area contributed by atoms with Gasteiger partial charge in [-0.25, -0.2) is 0 Å². The Hall–Kier alpha value is -1.39. The van der Waals surface area contributed by atoms with Crippen LogP contribution in [0, 0.1) is 6.92 Å². The van der Waals surface area contributed by atoms with Crippen LogP contribution in [-0.2, 0) is 4.79 Å². The topological polar surface area (TPSA) is 35.6 Å². The van der Waals surface area contributed by atoms with Crippen LogP contribution in [0.1, 0.15) is 37.1 Å². The smallest absolute Gasteiger partial charge is 0.241 e. The molecule has 1 amide bonds. The number of hydrogen-bond donors (Lipinski definition) is 1. The minimum atomic E-state index is -0.0956. The van der Waals surface area contributed by atoms with Gasteiger partial charge in [0.15, 0.2) is 0 Å². The van der Waals surface area contributed by atoms with Crippen LogP contribution >= 0.6 is 0 Å². The fourth-order valence-corrected chi connectivity index (χ4v) is 3.09. The molecule has 21 heavy (non-hydrogen) atoms. The molecule has 2 fully saturated rings. The maximum absolute atomic E-state index is 12.4. The number of amides is 1. The molecule has 1 aromatic rings. The standard InChI is InChI=1S/C17H25N3O/c1-12-5-4-6-14(11-12)16-18-13(2)17(21)20(16)10-9-19(3)15-7-8-15/h4-6,11,13,15-16,18H,7-10H2,1-3H3. The minimum absolute atomic E-state index is 0.0139. The largest absolute Gasteiger partial charge is 0.320 e. The maximum Gasteiger partial charge on any atom is 0.241 e. The van der Waals surface area contributed by atoms with Crippen LogP contribution in [0.15, 0.2) is 24.3 Å². The number of carbonyl (C=O) groups excluding carboxylic acids is 1. The van der Waals surface area contributed by atoms with Crippen molar-refractivity contribution in [2.45, 2.75) is 44.9 Å². The van der Waals surface area contributed by atoms with E-state index in [1.807, 2.05) is 11.8 Å². The molecule has 2 unspecified atom stereocenters. The van der Waals surface area contributed by atoms with Gasteiger partial charge in [0.05, 0.1) is 6.04 Å². The van der Waals surface area contributed by atoms with Gasteiger partial charge in [-0.1, -0.05) is 29.8 Å². The first-order chi connectivity index (χ1) is 10.1. The van der Waals surface area contributed by atoms with Gasteiger partial charge in [-0.3, -0.25) is 10.1 Å². The number of nitrogens with one attached hydrogen (secondary N) is 1. The van der Waals surface area contributed by atoms with E-state index in [9.17, 15) is 4.79 Å². The van der Waals surface area contributed by atoms with Crippen molar-refractivity contribution in [2.24, 2.45) is 0 Å². The molecule has 4 nitrogen and oxygen atoms in total. The van der Waals surface area contributed by atoms with Crippen molar-refractivity contribution >= 4 is 5.91 Å². The molecule has 0 bridgehead atoms. The number of carbonyl (C=O) groups is 1. The van der Waals surface area contributed by atoms with Crippen molar-refractivity contribution in [3.63, 3.8) is 0 Å². The molecule has 1 saturated heterocycles. The first-order valence-corrected chi connectivity index (χ1v) is 7.89. The third-order valence-corrected chi connectivity index (χ3v) is 4.59. The lowest BCUT2D eigenvalue weighted by molar-refractivity contribution is -0.130. The van der Waals surface area contributed by atoms with E-state index in [4.69, 9.17) is 0 Å². The SMILES string of the molecule is Cc1cccc(C2NC(C)C(=O)N2CCN(C)C2CC2)c1. The third-order valence-electron chi connectivity index (χ3n) is 4.59. The van der Waals surface area contributed by atoms with Crippen molar-refractivity contribution < 1.29 is 4.79 Å². The van der Waals surface area contributed by atoms with Gasteiger partial charge in [-0.15, -0.1) is 0 Å². The van der Waals surface area contributed by atoms with Crippen LogP contribution in [0.4, 0.5) is 0 Å². The second-order valence-electron chi connectivity index (χ2n) is 6.45. The zero-order valence-electron chi connectivity index (χ0n) is 13.2. The van der Waals surface area contributed by atoms with Gasteiger partial charge in [0.1, 0.15) is 6.17 Å². The van der Waals surface area contributed by atoms with Crippen molar-refractivity contribution in [3.8, 4) is 0 Å². The number of likely N-dealkylation sites (N-methyl/N-ethyl adjacent to an activating group) is 1. The average Bonchev–Trinajstić information content (AvgIpc) is 3.26. The molecule has 1 saturated carbocycles. The van der Waals surface area contributed by atoms with E-state index in [-0.39, 0.29) is 18.1 Å². The summed E-state index contributed by atoms with van der Waals surface area (Å²) in [6.45, 7) is 5.79. The Morgan fingerprint density at radius 2 is 2.14 bits per heavy atom.